The van der Waals surface area contributed by atoms with Gasteiger partial charge in [-0.25, -0.2) is 13.8 Å². The van der Waals surface area contributed by atoms with E-state index in [0.29, 0.717) is 39.9 Å². The molecule has 0 aliphatic heterocycles. The Morgan fingerprint density at radius 3 is 2.38 bits per heavy atom. The van der Waals surface area contributed by atoms with Crippen molar-refractivity contribution in [3.05, 3.63) is 78.1 Å². The van der Waals surface area contributed by atoms with Crippen molar-refractivity contribution in [2.75, 3.05) is 24.9 Å². The first-order chi connectivity index (χ1) is 15.5. The fraction of sp³-hybridized carbons (Fsp3) is 0.130. The van der Waals surface area contributed by atoms with Crippen molar-refractivity contribution in [1.82, 2.24) is 9.38 Å². The van der Waals surface area contributed by atoms with Crippen LogP contribution in [0.15, 0.2) is 66.9 Å². The van der Waals surface area contributed by atoms with Crippen LogP contribution >= 0.6 is 0 Å². The van der Waals surface area contributed by atoms with Gasteiger partial charge in [-0.3, -0.25) is 9.20 Å². The SMILES string of the molecule is COc1ccc(C(=O)Nc2ccc(Nc3cccc4nc(C(F)F)cn34)cc2)cc1OC. The minimum absolute atomic E-state index is 0.285. The Morgan fingerprint density at radius 2 is 1.69 bits per heavy atom. The van der Waals surface area contributed by atoms with Gasteiger partial charge in [-0.05, 0) is 54.6 Å². The van der Waals surface area contributed by atoms with Crippen molar-refractivity contribution in [3.8, 4) is 11.5 Å². The zero-order valence-corrected chi connectivity index (χ0v) is 17.3. The largest absolute Gasteiger partial charge is 0.493 e. The molecular formula is C23H20F2N4O3. The van der Waals surface area contributed by atoms with Gasteiger partial charge in [-0.1, -0.05) is 6.07 Å². The Morgan fingerprint density at radius 1 is 0.969 bits per heavy atom. The van der Waals surface area contributed by atoms with E-state index in [4.69, 9.17) is 9.47 Å². The minimum Gasteiger partial charge on any atom is -0.493 e. The predicted octanol–water partition coefficient (Wildman–Crippen LogP) is 5.29. The standard InChI is InChI=1S/C23H20F2N4O3/c1-31-18-11-6-14(12-19(18)32-2)23(30)27-16-9-7-15(8-10-16)26-20-4-3-5-21-28-17(22(24)25)13-29(20)21/h3-13,22,26H,1-2H3,(H,27,30). The summed E-state index contributed by atoms with van der Waals surface area (Å²) < 4.78 is 37.9. The number of rotatable bonds is 7. The molecule has 0 unspecified atom stereocenters. The number of carbonyl (C=O) groups is 1. The summed E-state index contributed by atoms with van der Waals surface area (Å²) in [6.07, 6.45) is -1.34. The molecule has 2 aromatic carbocycles. The van der Waals surface area contributed by atoms with Crippen LogP contribution < -0.4 is 20.1 Å². The number of fused-ring (bicyclic) bond motifs is 1. The monoisotopic (exact) mass is 438 g/mol. The molecule has 9 heteroatoms. The molecule has 0 aliphatic carbocycles. The maximum absolute atomic E-state index is 13.0. The van der Waals surface area contributed by atoms with E-state index < -0.39 is 6.43 Å². The summed E-state index contributed by atoms with van der Waals surface area (Å²) >= 11 is 0. The van der Waals surface area contributed by atoms with Gasteiger partial charge in [0.1, 0.15) is 17.2 Å². The zero-order valence-electron chi connectivity index (χ0n) is 17.3. The number of carbonyl (C=O) groups excluding carboxylic acids is 1. The fourth-order valence-corrected chi connectivity index (χ4v) is 3.20. The van der Waals surface area contributed by atoms with E-state index in [9.17, 15) is 13.6 Å². The number of benzene rings is 2. The highest BCUT2D eigenvalue weighted by atomic mass is 19.3. The van der Waals surface area contributed by atoms with Crippen LogP contribution in [0.2, 0.25) is 0 Å². The van der Waals surface area contributed by atoms with Crippen LogP contribution in [0.4, 0.5) is 26.0 Å². The van der Waals surface area contributed by atoms with Gasteiger partial charge >= 0.3 is 0 Å². The fourth-order valence-electron chi connectivity index (χ4n) is 3.20. The number of anilines is 3. The summed E-state index contributed by atoms with van der Waals surface area (Å²) in [5.74, 6) is 1.29. The summed E-state index contributed by atoms with van der Waals surface area (Å²) in [5.41, 5.74) is 1.87. The number of methoxy groups -OCH3 is 2. The van der Waals surface area contributed by atoms with E-state index in [-0.39, 0.29) is 11.6 Å². The van der Waals surface area contributed by atoms with Crippen molar-refractivity contribution in [2.45, 2.75) is 6.43 Å². The summed E-state index contributed by atoms with van der Waals surface area (Å²) in [6, 6.07) is 17.1. The summed E-state index contributed by atoms with van der Waals surface area (Å²) in [5, 5.41) is 6.00. The second-order valence-corrected chi connectivity index (χ2v) is 6.83. The molecule has 0 saturated carbocycles. The van der Waals surface area contributed by atoms with Gasteiger partial charge in [0.05, 0.1) is 14.2 Å². The van der Waals surface area contributed by atoms with Crippen LogP contribution in [0.1, 0.15) is 22.5 Å². The molecule has 4 rings (SSSR count). The smallest absolute Gasteiger partial charge is 0.281 e. The number of amides is 1. The molecule has 0 fully saturated rings. The molecular weight excluding hydrogens is 418 g/mol. The number of nitrogens with one attached hydrogen (secondary N) is 2. The summed E-state index contributed by atoms with van der Waals surface area (Å²) in [4.78, 5) is 16.5. The van der Waals surface area contributed by atoms with Crippen LogP contribution in [0.25, 0.3) is 5.65 Å². The van der Waals surface area contributed by atoms with Crippen molar-refractivity contribution < 1.29 is 23.0 Å². The van der Waals surface area contributed by atoms with Gasteiger partial charge in [-0.2, -0.15) is 0 Å². The Kier molecular flexibility index (Phi) is 5.89. The molecule has 2 heterocycles. The van der Waals surface area contributed by atoms with Crippen molar-refractivity contribution >= 4 is 28.7 Å². The van der Waals surface area contributed by atoms with E-state index in [1.54, 1.807) is 65.1 Å². The molecule has 0 spiro atoms. The summed E-state index contributed by atoms with van der Waals surface area (Å²) in [7, 11) is 3.03. The van der Waals surface area contributed by atoms with Gasteiger partial charge < -0.3 is 20.1 Å². The molecule has 0 bridgehead atoms. The van der Waals surface area contributed by atoms with Gasteiger partial charge in [0.2, 0.25) is 0 Å². The molecule has 1 amide bonds. The van der Waals surface area contributed by atoms with E-state index in [2.05, 4.69) is 15.6 Å². The maximum Gasteiger partial charge on any atom is 0.281 e. The lowest BCUT2D eigenvalue weighted by atomic mass is 10.1. The minimum atomic E-state index is -2.64. The van der Waals surface area contributed by atoms with Gasteiger partial charge in [0, 0.05) is 23.1 Å². The number of aromatic nitrogens is 2. The summed E-state index contributed by atoms with van der Waals surface area (Å²) in [6.45, 7) is 0. The van der Waals surface area contributed by atoms with Crippen LogP contribution in [0.5, 0.6) is 11.5 Å². The molecule has 4 aromatic rings. The Bertz CT molecular complexity index is 1260. The highest BCUT2D eigenvalue weighted by molar-refractivity contribution is 6.04. The van der Waals surface area contributed by atoms with Crippen LogP contribution in [0.3, 0.4) is 0 Å². The Labute approximate surface area is 182 Å². The third-order valence-electron chi connectivity index (χ3n) is 4.80. The number of hydrogen-bond donors (Lipinski definition) is 2. The number of nitrogens with zero attached hydrogens (tertiary/aromatic N) is 2. The molecule has 2 aromatic heterocycles. The van der Waals surface area contributed by atoms with E-state index in [0.717, 1.165) is 0 Å². The van der Waals surface area contributed by atoms with Gasteiger partial charge in [-0.15, -0.1) is 0 Å². The molecule has 0 atom stereocenters. The lowest BCUT2D eigenvalue weighted by Crippen LogP contribution is -2.12. The number of halogens is 2. The number of pyridine rings is 1. The van der Waals surface area contributed by atoms with E-state index in [1.165, 1.54) is 20.4 Å². The second-order valence-electron chi connectivity index (χ2n) is 6.83. The van der Waals surface area contributed by atoms with Gasteiger partial charge in [0.25, 0.3) is 12.3 Å². The molecule has 0 aliphatic rings. The van der Waals surface area contributed by atoms with Crippen LogP contribution in [-0.2, 0) is 0 Å². The van der Waals surface area contributed by atoms with Crippen molar-refractivity contribution in [2.24, 2.45) is 0 Å². The number of alkyl halides is 2. The number of ether oxygens (including phenoxy) is 2. The third-order valence-corrected chi connectivity index (χ3v) is 4.80. The average molecular weight is 438 g/mol. The Hall–Kier alpha value is -4.14. The lowest BCUT2D eigenvalue weighted by molar-refractivity contribution is 0.102. The zero-order chi connectivity index (χ0) is 22.7. The van der Waals surface area contributed by atoms with Crippen molar-refractivity contribution in [3.63, 3.8) is 0 Å². The highest BCUT2D eigenvalue weighted by Crippen LogP contribution is 2.28. The van der Waals surface area contributed by atoms with E-state index in [1.807, 2.05) is 0 Å². The quantitative estimate of drug-likeness (QED) is 0.410. The van der Waals surface area contributed by atoms with Gasteiger partial charge in [0.15, 0.2) is 11.5 Å². The number of hydrogen-bond acceptors (Lipinski definition) is 5. The predicted molar refractivity (Wildman–Crippen MR) is 117 cm³/mol. The molecule has 164 valence electrons. The van der Waals surface area contributed by atoms with Crippen molar-refractivity contribution in [1.29, 1.82) is 0 Å². The maximum atomic E-state index is 13.0. The topological polar surface area (TPSA) is 76.9 Å². The normalized spacial score (nSPS) is 10.9. The second kappa shape index (κ2) is 8.93. The third kappa shape index (κ3) is 4.31. The first-order valence-electron chi connectivity index (χ1n) is 9.65. The van der Waals surface area contributed by atoms with E-state index >= 15 is 0 Å². The Balaban J connectivity index is 1.48. The molecule has 0 saturated heterocycles. The lowest BCUT2D eigenvalue weighted by Gasteiger charge is -2.11. The number of imidazole rings is 1. The first kappa shape index (κ1) is 21.1. The highest BCUT2D eigenvalue weighted by Gasteiger charge is 2.14. The molecule has 2 N–H and O–H groups in total. The van der Waals surface area contributed by atoms with Crippen LogP contribution in [-0.4, -0.2) is 29.5 Å². The van der Waals surface area contributed by atoms with Crippen LogP contribution in [0, 0.1) is 0 Å². The molecule has 7 nitrogen and oxygen atoms in total. The molecule has 0 radical (unpaired) electrons. The molecule has 32 heavy (non-hydrogen) atoms. The average Bonchev–Trinajstić information content (AvgIpc) is 3.26. The first-order valence-corrected chi connectivity index (χ1v) is 9.65.